The van der Waals surface area contributed by atoms with E-state index in [2.05, 4.69) is 10.3 Å². The Morgan fingerprint density at radius 1 is 1.01 bits per heavy atom. The zero-order valence-corrected chi connectivity index (χ0v) is 43.4. The lowest BCUT2D eigenvalue weighted by molar-refractivity contribution is -0.384. The minimum absolute atomic E-state index is 0.0620. The number of non-ortho nitro benzene ring substituents is 1. The van der Waals surface area contributed by atoms with E-state index in [9.17, 15) is 40.4 Å². The average molecular weight is 995 g/mol. The van der Waals surface area contributed by atoms with Gasteiger partial charge in [-0.25, -0.2) is 4.68 Å². The summed E-state index contributed by atoms with van der Waals surface area (Å²) in [6.45, 7) is 18.9. The Hall–Kier alpha value is -3.45. The normalized spacial score (nSPS) is 39.8. The minimum Gasteiger partial charge on any atom is -0.491 e. The van der Waals surface area contributed by atoms with Gasteiger partial charge in [0.15, 0.2) is 12.6 Å². The molecule has 3 aliphatic rings. The zero-order chi connectivity index (χ0) is 52.0. The number of hydrogen-bond acceptors (Lipinski definition) is 19. The van der Waals surface area contributed by atoms with Crippen molar-refractivity contribution in [1.29, 1.82) is 0 Å². The van der Waals surface area contributed by atoms with Crippen molar-refractivity contribution in [2.75, 3.05) is 40.9 Å². The maximum absolute atomic E-state index is 14.5. The van der Waals surface area contributed by atoms with Crippen molar-refractivity contribution in [2.45, 2.75) is 198 Å². The Balaban J connectivity index is 1.40. The fraction of sp³-hybridized carbons (Fsp3) is 0.816. The summed E-state index contributed by atoms with van der Waals surface area (Å²) in [5, 5.41) is 79.2. The van der Waals surface area contributed by atoms with Crippen LogP contribution in [0.5, 0.6) is 5.75 Å². The van der Waals surface area contributed by atoms with Gasteiger partial charge in [-0.15, -0.1) is 5.10 Å². The second kappa shape index (κ2) is 24.1. The third kappa shape index (κ3) is 13.8. The van der Waals surface area contributed by atoms with Gasteiger partial charge in [0.05, 0.1) is 64.8 Å². The summed E-state index contributed by atoms with van der Waals surface area (Å²) < 4.78 is 45.5. The number of cyclic esters (lactones) is 1. The molecule has 5 rings (SSSR count). The summed E-state index contributed by atoms with van der Waals surface area (Å²) in [5.41, 5.74) is -3.92. The SMILES string of the molecule is CC[C@H]1OC(=O)[C@H](C)[C@@H](O[C@H]2C[C@@](C)(OC)[C@@H](O)[C@H](C)O2)[C@H](C)[C@@H](O[C@@H]2O[C@H](C)C[C@H](N(C)CCc3cn(CCOc4cccc([N+](=O)[O-])c4)nn3)[C@H]2O)[C@](C)(O)C[C@@H](C)CN(C)[C@H](C)[C@@H](O)[C@]1(C)O. The molecule has 0 spiro atoms. The number of hydrogen-bond donors (Lipinski definition) is 5. The lowest BCUT2D eigenvalue weighted by Crippen LogP contribution is -2.61. The molecule has 0 amide bonds. The molecule has 2 aromatic rings. The number of aromatic nitrogens is 3. The van der Waals surface area contributed by atoms with Crippen molar-refractivity contribution in [3.63, 3.8) is 0 Å². The van der Waals surface area contributed by atoms with Gasteiger partial charge in [0.2, 0.25) is 0 Å². The number of methoxy groups -OCH3 is 1. The molecule has 1 aromatic heterocycles. The van der Waals surface area contributed by atoms with Crippen molar-refractivity contribution in [3.05, 3.63) is 46.3 Å². The van der Waals surface area contributed by atoms with E-state index in [-0.39, 0.29) is 43.6 Å². The molecular weight excluding hydrogens is 913 g/mol. The highest BCUT2D eigenvalue weighted by atomic mass is 16.7. The molecule has 0 unspecified atom stereocenters. The van der Waals surface area contributed by atoms with Gasteiger partial charge in [-0.3, -0.25) is 14.9 Å². The molecule has 1 aromatic carbocycles. The Kier molecular flexibility index (Phi) is 19.7. The van der Waals surface area contributed by atoms with E-state index in [0.29, 0.717) is 43.9 Å². The van der Waals surface area contributed by atoms with Crippen LogP contribution in [0.1, 0.15) is 101 Å². The van der Waals surface area contributed by atoms with E-state index < -0.39 is 107 Å². The van der Waals surface area contributed by atoms with Crippen LogP contribution in [-0.2, 0) is 46.2 Å². The third-order valence-electron chi connectivity index (χ3n) is 15.0. The van der Waals surface area contributed by atoms with E-state index in [1.165, 1.54) is 26.2 Å². The number of esters is 1. The van der Waals surface area contributed by atoms with Gasteiger partial charge >= 0.3 is 5.97 Å². The van der Waals surface area contributed by atoms with Crippen molar-refractivity contribution >= 4 is 11.7 Å². The Morgan fingerprint density at radius 3 is 2.37 bits per heavy atom. The van der Waals surface area contributed by atoms with E-state index in [0.717, 1.165) is 0 Å². The molecule has 5 N–H and O–H groups in total. The quantitative estimate of drug-likeness (QED) is 0.0975. The summed E-state index contributed by atoms with van der Waals surface area (Å²) >= 11 is 0. The van der Waals surface area contributed by atoms with Crippen LogP contribution in [0.15, 0.2) is 30.5 Å². The number of carbonyl (C=O) groups is 1. The van der Waals surface area contributed by atoms with Gasteiger partial charge in [-0.2, -0.15) is 0 Å². The summed E-state index contributed by atoms with van der Waals surface area (Å²) in [4.78, 5) is 29.0. The van der Waals surface area contributed by atoms with Gasteiger partial charge in [0.1, 0.15) is 42.4 Å². The average Bonchev–Trinajstić information content (AvgIpc) is 3.76. The molecule has 4 heterocycles. The fourth-order valence-electron chi connectivity index (χ4n) is 10.6. The molecule has 0 aliphatic carbocycles. The number of ether oxygens (including phenoxy) is 7. The first-order chi connectivity index (χ1) is 32.7. The predicted molar refractivity (Wildman–Crippen MR) is 255 cm³/mol. The molecule has 0 radical (unpaired) electrons. The monoisotopic (exact) mass is 995 g/mol. The number of benzene rings is 1. The second-order valence-electron chi connectivity index (χ2n) is 21.0. The van der Waals surface area contributed by atoms with Crippen LogP contribution >= 0.6 is 0 Å². The smallest absolute Gasteiger partial charge is 0.311 e. The maximum Gasteiger partial charge on any atom is 0.311 e. The molecular formula is C49H82N6O15. The molecule has 18 atom stereocenters. The largest absolute Gasteiger partial charge is 0.491 e. The predicted octanol–water partition coefficient (Wildman–Crippen LogP) is 3.09. The molecule has 3 fully saturated rings. The highest BCUT2D eigenvalue weighted by Gasteiger charge is 2.53. The number of aliphatic hydroxyl groups excluding tert-OH is 3. The fourth-order valence-corrected chi connectivity index (χ4v) is 10.6. The van der Waals surface area contributed by atoms with Crippen LogP contribution in [0.25, 0.3) is 0 Å². The summed E-state index contributed by atoms with van der Waals surface area (Å²) in [6, 6.07) is 4.93. The number of nitro benzene ring substituents is 1. The van der Waals surface area contributed by atoms with Crippen molar-refractivity contribution in [3.8, 4) is 5.75 Å². The van der Waals surface area contributed by atoms with Crippen LogP contribution in [0, 0.1) is 27.9 Å². The Labute approximate surface area is 412 Å². The Morgan fingerprint density at radius 2 is 1.71 bits per heavy atom. The van der Waals surface area contributed by atoms with E-state index in [1.54, 1.807) is 71.5 Å². The van der Waals surface area contributed by atoms with Crippen LogP contribution < -0.4 is 4.74 Å². The number of aliphatic hydroxyl groups is 5. The van der Waals surface area contributed by atoms with Crippen LogP contribution in [0.3, 0.4) is 0 Å². The van der Waals surface area contributed by atoms with Crippen molar-refractivity contribution in [1.82, 2.24) is 24.8 Å². The van der Waals surface area contributed by atoms with Gasteiger partial charge < -0.3 is 68.5 Å². The van der Waals surface area contributed by atoms with E-state index >= 15 is 0 Å². The van der Waals surface area contributed by atoms with E-state index in [1.807, 2.05) is 37.7 Å². The number of likely N-dealkylation sites (N-methyl/N-ethyl adjacent to an activating group) is 2. The van der Waals surface area contributed by atoms with Gasteiger partial charge in [-0.1, -0.05) is 32.1 Å². The summed E-state index contributed by atoms with van der Waals surface area (Å²) in [6.07, 6.45) is -7.00. The molecule has 398 valence electrons. The van der Waals surface area contributed by atoms with Crippen LogP contribution in [0.4, 0.5) is 5.69 Å². The molecule has 3 saturated heterocycles. The van der Waals surface area contributed by atoms with Gasteiger partial charge in [-0.05, 0) is 93.8 Å². The van der Waals surface area contributed by atoms with Crippen molar-refractivity contribution < 1.29 is 68.4 Å². The first-order valence-corrected chi connectivity index (χ1v) is 24.8. The molecule has 3 aliphatic heterocycles. The minimum atomic E-state index is -1.85. The molecule has 0 bridgehead atoms. The first kappa shape index (κ1) is 57.5. The van der Waals surface area contributed by atoms with E-state index in [4.69, 9.17) is 33.2 Å². The van der Waals surface area contributed by atoms with Gasteiger partial charge in [0, 0.05) is 63.3 Å². The van der Waals surface area contributed by atoms with Crippen LogP contribution in [-0.4, -0.2) is 192 Å². The molecule has 70 heavy (non-hydrogen) atoms. The number of carbonyl (C=O) groups excluding carboxylic acids is 1. The Bertz CT molecular complexity index is 1990. The third-order valence-corrected chi connectivity index (χ3v) is 15.0. The van der Waals surface area contributed by atoms with Crippen LogP contribution in [0.2, 0.25) is 0 Å². The molecule has 0 saturated carbocycles. The lowest BCUT2D eigenvalue weighted by atomic mass is 9.77. The number of nitrogens with zero attached hydrogens (tertiary/aromatic N) is 6. The van der Waals surface area contributed by atoms with Gasteiger partial charge in [0.25, 0.3) is 5.69 Å². The molecule has 21 nitrogen and oxygen atoms in total. The topological polar surface area (TPSA) is 263 Å². The summed E-state index contributed by atoms with van der Waals surface area (Å²) in [5.74, 6) is -2.47. The second-order valence-corrected chi connectivity index (χ2v) is 21.0. The lowest BCUT2D eigenvalue weighted by Gasteiger charge is -2.49. The summed E-state index contributed by atoms with van der Waals surface area (Å²) in [7, 11) is 5.22. The van der Waals surface area contributed by atoms with Crippen molar-refractivity contribution in [2.24, 2.45) is 17.8 Å². The number of rotatable bonds is 15. The highest BCUT2D eigenvalue weighted by Crippen LogP contribution is 2.40. The highest BCUT2D eigenvalue weighted by molar-refractivity contribution is 5.73. The first-order valence-electron chi connectivity index (χ1n) is 24.8. The molecule has 21 heteroatoms. The maximum atomic E-state index is 14.5. The number of nitro groups is 1. The standard InChI is InChI=1S/C49H82N6O15/c1-14-38-49(10,61)42(57)32(6)53(12)26-28(2)24-47(8,60)44(30(4)41(31(5)45(59)68-38)69-39-25-48(9,64-13)43(58)33(7)67-39)70-46-40(56)37(22-29(3)66-46)52(11)19-18-34-27-54(51-50-34)20-21-65-36-17-15-16-35(23-36)55(62)63/h15-17,23,27-33,37-44,46,56-58,60-61H,14,18-22,24-26H2,1-13H3/t28-,29-,30+,31-,32-,33+,37+,38-,39+,40-,41+,42-,43+,44-,46+,47-,48-,49-/m1/s1. The zero-order valence-electron chi connectivity index (χ0n) is 43.4.